The van der Waals surface area contributed by atoms with Crippen LogP contribution in [0.25, 0.3) is 11.3 Å². The molecule has 1 aromatic carbocycles. The first-order valence-electron chi connectivity index (χ1n) is 6.39. The Morgan fingerprint density at radius 3 is 2.68 bits per heavy atom. The van der Waals surface area contributed by atoms with Crippen LogP contribution < -0.4 is 10.5 Å². The molecule has 1 heterocycles. The van der Waals surface area contributed by atoms with Gasteiger partial charge in [-0.25, -0.2) is 0 Å². The van der Waals surface area contributed by atoms with Gasteiger partial charge in [-0.3, -0.25) is 4.68 Å². The summed E-state index contributed by atoms with van der Waals surface area (Å²) in [5.41, 5.74) is 7.70. The molecule has 0 saturated heterocycles. The molecule has 2 N–H and O–H groups in total. The largest absolute Gasteiger partial charge is 0.489 e. The standard InChI is InChI=1S/C14H16BrN3O/c1-18-14(16)8-12(17-18)9-5-6-13(11(15)7-9)19-10-3-2-4-10/h5-8,10H,2-4,16H2,1H3. The zero-order valence-corrected chi connectivity index (χ0v) is 12.4. The number of hydrogen-bond acceptors (Lipinski definition) is 3. The second-order valence-electron chi connectivity index (χ2n) is 4.89. The Labute approximate surface area is 120 Å². The summed E-state index contributed by atoms with van der Waals surface area (Å²) >= 11 is 3.56. The molecular weight excluding hydrogens is 306 g/mol. The van der Waals surface area contributed by atoms with Gasteiger partial charge in [0, 0.05) is 18.7 Å². The Morgan fingerprint density at radius 2 is 2.16 bits per heavy atom. The third kappa shape index (κ3) is 2.47. The van der Waals surface area contributed by atoms with Crippen molar-refractivity contribution in [2.24, 2.45) is 7.05 Å². The molecule has 1 saturated carbocycles. The maximum Gasteiger partial charge on any atom is 0.133 e. The molecule has 0 atom stereocenters. The summed E-state index contributed by atoms with van der Waals surface area (Å²) in [5.74, 6) is 1.55. The summed E-state index contributed by atoms with van der Waals surface area (Å²) in [6, 6.07) is 7.90. The van der Waals surface area contributed by atoms with Crippen LogP contribution in [0.5, 0.6) is 5.75 Å². The van der Waals surface area contributed by atoms with Crippen LogP contribution in [0.15, 0.2) is 28.7 Å². The highest BCUT2D eigenvalue weighted by Gasteiger charge is 2.20. The number of nitrogen functional groups attached to an aromatic ring is 1. The van der Waals surface area contributed by atoms with Gasteiger partial charge < -0.3 is 10.5 Å². The van der Waals surface area contributed by atoms with Crippen molar-refractivity contribution in [3.63, 3.8) is 0 Å². The van der Waals surface area contributed by atoms with Gasteiger partial charge in [-0.15, -0.1) is 0 Å². The van der Waals surface area contributed by atoms with Crippen molar-refractivity contribution in [3.05, 3.63) is 28.7 Å². The lowest BCUT2D eigenvalue weighted by Crippen LogP contribution is -2.24. The van der Waals surface area contributed by atoms with Gasteiger partial charge in [0.25, 0.3) is 0 Å². The van der Waals surface area contributed by atoms with E-state index in [0.29, 0.717) is 11.9 Å². The number of benzene rings is 1. The fourth-order valence-electron chi connectivity index (χ4n) is 2.05. The van der Waals surface area contributed by atoms with Crippen molar-refractivity contribution >= 4 is 21.7 Å². The summed E-state index contributed by atoms with van der Waals surface area (Å²) in [6.07, 6.45) is 3.97. The molecule has 3 rings (SSSR count). The van der Waals surface area contributed by atoms with Crippen molar-refractivity contribution in [2.75, 3.05) is 5.73 Å². The molecule has 4 nitrogen and oxygen atoms in total. The van der Waals surface area contributed by atoms with E-state index in [2.05, 4.69) is 21.0 Å². The molecule has 5 heteroatoms. The molecule has 0 spiro atoms. The maximum atomic E-state index is 5.90. The normalized spacial score (nSPS) is 15.3. The Balaban J connectivity index is 1.85. The molecule has 1 fully saturated rings. The van der Waals surface area contributed by atoms with Crippen molar-refractivity contribution in [1.29, 1.82) is 0 Å². The first kappa shape index (κ1) is 12.5. The van der Waals surface area contributed by atoms with Crippen LogP contribution in [0.3, 0.4) is 0 Å². The van der Waals surface area contributed by atoms with E-state index in [1.54, 1.807) is 4.68 Å². The summed E-state index contributed by atoms with van der Waals surface area (Å²) in [5, 5.41) is 4.37. The highest BCUT2D eigenvalue weighted by molar-refractivity contribution is 9.10. The summed E-state index contributed by atoms with van der Waals surface area (Å²) < 4.78 is 8.53. The van der Waals surface area contributed by atoms with E-state index < -0.39 is 0 Å². The Bertz CT molecular complexity index is 585. The van der Waals surface area contributed by atoms with Crippen LogP contribution in [0, 0.1) is 0 Å². The van der Waals surface area contributed by atoms with Gasteiger partial charge in [0.15, 0.2) is 0 Å². The third-order valence-electron chi connectivity index (χ3n) is 3.49. The van der Waals surface area contributed by atoms with Crippen LogP contribution >= 0.6 is 15.9 Å². The van der Waals surface area contributed by atoms with E-state index in [0.717, 1.165) is 34.3 Å². The van der Waals surface area contributed by atoms with Gasteiger partial charge >= 0.3 is 0 Å². The van der Waals surface area contributed by atoms with Crippen LogP contribution in [-0.4, -0.2) is 15.9 Å². The van der Waals surface area contributed by atoms with Crippen LogP contribution in [0.2, 0.25) is 0 Å². The minimum atomic E-state index is 0.382. The molecule has 1 aliphatic carbocycles. The number of nitrogens with two attached hydrogens (primary N) is 1. The number of aromatic nitrogens is 2. The fraction of sp³-hybridized carbons (Fsp3) is 0.357. The van der Waals surface area contributed by atoms with Gasteiger partial charge in [0.1, 0.15) is 11.6 Å². The van der Waals surface area contributed by atoms with E-state index in [1.807, 2.05) is 31.3 Å². The number of hydrogen-bond donors (Lipinski definition) is 1. The molecule has 0 bridgehead atoms. The Morgan fingerprint density at radius 1 is 1.37 bits per heavy atom. The average Bonchev–Trinajstić information content (AvgIpc) is 2.66. The fourth-order valence-corrected chi connectivity index (χ4v) is 2.52. The Kier molecular flexibility index (Phi) is 3.22. The van der Waals surface area contributed by atoms with E-state index in [4.69, 9.17) is 10.5 Å². The van der Waals surface area contributed by atoms with Gasteiger partial charge in [-0.05, 0) is 53.4 Å². The van der Waals surface area contributed by atoms with Crippen LogP contribution in [0.4, 0.5) is 5.82 Å². The third-order valence-corrected chi connectivity index (χ3v) is 4.11. The Hall–Kier alpha value is -1.49. The molecule has 0 radical (unpaired) electrons. The molecule has 0 aliphatic heterocycles. The summed E-state index contributed by atoms with van der Waals surface area (Å²) in [4.78, 5) is 0. The second kappa shape index (κ2) is 4.89. The first-order valence-corrected chi connectivity index (χ1v) is 7.19. The topological polar surface area (TPSA) is 53.1 Å². The zero-order valence-electron chi connectivity index (χ0n) is 10.8. The summed E-state index contributed by atoms with van der Waals surface area (Å²) in [7, 11) is 1.84. The van der Waals surface area contributed by atoms with Crippen molar-refractivity contribution in [1.82, 2.24) is 9.78 Å². The van der Waals surface area contributed by atoms with E-state index in [9.17, 15) is 0 Å². The lowest BCUT2D eigenvalue weighted by molar-refractivity contribution is 0.119. The average molecular weight is 322 g/mol. The van der Waals surface area contributed by atoms with Gasteiger partial charge in [-0.2, -0.15) is 5.10 Å². The van der Waals surface area contributed by atoms with Crippen molar-refractivity contribution < 1.29 is 4.74 Å². The maximum absolute atomic E-state index is 5.90. The summed E-state index contributed by atoms with van der Waals surface area (Å²) in [6.45, 7) is 0. The highest BCUT2D eigenvalue weighted by Crippen LogP contribution is 2.34. The monoisotopic (exact) mass is 321 g/mol. The SMILES string of the molecule is Cn1nc(-c2ccc(OC3CCC3)c(Br)c2)cc1N. The first-order chi connectivity index (χ1) is 9.13. The lowest BCUT2D eigenvalue weighted by atomic mass is 9.96. The molecule has 19 heavy (non-hydrogen) atoms. The number of ether oxygens (including phenoxy) is 1. The molecule has 1 aromatic heterocycles. The van der Waals surface area contributed by atoms with Gasteiger partial charge in [0.05, 0.1) is 16.3 Å². The van der Waals surface area contributed by atoms with Crippen LogP contribution in [0.1, 0.15) is 19.3 Å². The van der Waals surface area contributed by atoms with Crippen molar-refractivity contribution in [2.45, 2.75) is 25.4 Å². The molecule has 100 valence electrons. The zero-order chi connectivity index (χ0) is 13.4. The van der Waals surface area contributed by atoms with Gasteiger partial charge in [0.2, 0.25) is 0 Å². The predicted molar refractivity (Wildman–Crippen MR) is 79.0 cm³/mol. The molecular formula is C14H16BrN3O. The van der Waals surface area contributed by atoms with E-state index in [1.165, 1.54) is 6.42 Å². The predicted octanol–water partition coefficient (Wildman–Crippen LogP) is 3.36. The number of aryl methyl sites for hydroxylation is 1. The van der Waals surface area contributed by atoms with Crippen LogP contribution in [-0.2, 0) is 7.05 Å². The van der Waals surface area contributed by atoms with E-state index in [-0.39, 0.29) is 0 Å². The highest BCUT2D eigenvalue weighted by atomic mass is 79.9. The van der Waals surface area contributed by atoms with Crippen molar-refractivity contribution in [3.8, 4) is 17.0 Å². The minimum Gasteiger partial charge on any atom is -0.489 e. The molecule has 2 aromatic rings. The number of nitrogens with zero attached hydrogens (tertiary/aromatic N) is 2. The van der Waals surface area contributed by atoms with E-state index >= 15 is 0 Å². The molecule has 0 unspecified atom stereocenters. The molecule has 0 amide bonds. The minimum absolute atomic E-state index is 0.382. The number of anilines is 1. The second-order valence-corrected chi connectivity index (χ2v) is 5.75. The van der Waals surface area contributed by atoms with Gasteiger partial charge in [-0.1, -0.05) is 0 Å². The number of rotatable bonds is 3. The quantitative estimate of drug-likeness (QED) is 0.943. The number of halogens is 1. The molecule has 1 aliphatic rings. The smallest absolute Gasteiger partial charge is 0.133 e. The lowest BCUT2D eigenvalue weighted by Gasteiger charge is -2.26.